The van der Waals surface area contributed by atoms with Crippen LogP contribution in [0.3, 0.4) is 0 Å². The highest BCUT2D eigenvalue weighted by Crippen LogP contribution is 2.25. The summed E-state index contributed by atoms with van der Waals surface area (Å²) in [6.07, 6.45) is 0.140. The van der Waals surface area contributed by atoms with Crippen molar-refractivity contribution in [3.63, 3.8) is 0 Å². The van der Waals surface area contributed by atoms with Gasteiger partial charge in [0.2, 0.25) is 11.8 Å². The summed E-state index contributed by atoms with van der Waals surface area (Å²) in [5, 5.41) is 6.55. The molecule has 1 aromatic carbocycles. The van der Waals surface area contributed by atoms with Crippen molar-refractivity contribution in [3.05, 3.63) is 47.6 Å². The highest BCUT2D eigenvalue weighted by atomic mass is 19.1. The predicted molar refractivity (Wildman–Crippen MR) is 79.9 cm³/mol. The second-order valence-electron chi connectivity index (χ2n) is 5.53. The molecule has 2 aromatic rings. The van der Waals surface area contributed by atoms with Crippen LogP contribution >= 0.6 is 0 Å². The zero-order valence-electron chi connectivity index (χ0n) is 12.6. The van der Waals surface area contributed by atoms with Crippen molar-refractivity contribution < 1.29 is 18.5 Å². The van der Waals surface area contributed by atoms with E-state index in [1.165, 1.54) is 29.2 Å². The van der Waals surface area contributed by atoms with Crippen LogP contribution in [0.5, 0.6) is 0 Å². The predicted octanol–water partition coefficient (Wildman–Crippen LogP) is 1.79. The van der Waals surface area contributed by atoms with Crippen molar-refractivity contribution in [1.29, 1.82) is 0 Å². The number of carbonyl (C=O) groups excluding carboxylic acids is 2. The number of anilines is 1. The van der Waals surface area contributed by atoms with Crippen molar-refractivity contribution in [2.24, 2.45) is 5.92 Å². The van der Waals surface area contributed by atoms with E-state index in [9.17, 15) is 14.0 Å². The van der Waals surface area contributed by atoms with Crippen LogP contribution in [0, 0.1) is 18.7 Å². The van der Waals surface area contributed by atoms with Crippen LogP contribution < -0.4 is 10.2 Å². The van der Waals surface area contributed by atoms with Gasteiger partial charge in [0.05, 0.1) is 12.5 Å². The first-order valence-corrected chi connectivity index (χ1v) is 7.29. The molecule has 3 rings (SSSR count). The van der Waals surface area contributed by atoms with Gasteiger partial charge in [-0.15, -0.1) is 0 Å². The molecule has 0 aliphatic carbocycles. The molecule has 1 unspecified atom stereocenters. The molecule has 1 atom stereocenters. The molecule has 1 aromatic heterocycles. The van der Waals surface area contributed by atoms with Crippen LogP contribution in [0.2, 0.25) is 0 Å². The van der Waals surface area contributed by atoms with Gasteiger partial charge in [-0.05, 0) is 31.2 Å². The van der Waals surface area contributed by atoms with Gasteiger partial charge >= 0.3 is 0 Å². The molecule has 2 amide bonds. The Kier molecular flexibility index (Phi) is 4.10. The van der Waals surface area contributed by atoms with Gasteiger partial charge in [-0.25, -0.2) is 4.39 Å². The lowest BCUT2D eigenvalue weighted by atomic mass is 10.1. The molecule has 0 radical (unpaired) electrons. The van der Waals surface area contributed by atoms with Crippen molar-refractivity contribution in [2.75, 3.05) is 11.4 Å². The van der Waals surface area contributed by atoms with E-state index in [1.807, 2.05) is 0 Å². The summed E-state index contributed by atoms with van der Waals surface area (Å²) in [7, 11) is 0. The third-order valence-electron chi connectivity index (χ3n) is 3.75. The van der Waals surface area contributed by atoms with Crippen LogP contribution in [-0.4, -0.2) is 23.5 Å². The molecule has 0 saturated carbocycles. The van der Waals surface area contributed by atoms with E-state index in [0.29, 0.717) is 17.1 Å². The van der Waals surface area contributed by atoms with Gasteiger partial charge in [-0.1, -0.05) is 5.16 Å². The molecule has 120 valence electrons. The van der Waals surface area contributed by atoms with E-state index >= 15 is 0 Å². The first-order chi connectivity index (χ1) is 11.0. The number of amides is 2. The third kappa shape index (κ3) is 3.39. The lowest BCUT2D eigenvalue weighted by molar-refractivity contribution is -0.126. The fourth-order valence-electron chi connectivity index (χ4n) is 2.58. The number of aromatic nitrogens is 1. The smallest absolute Gasteiger partial charge is 0.227 e. The van der Waals surface area contributed by atoms with Crippen LogP contribution in [-0.2, 0) is 16.1 Å². The van der Waals surface area contributed by atoms with E-state index in [0.717, 1.165) is 0 Å². The monoisotopic (exact) mass is 317 g/mol. The summed E-state index contributed by atoms with van der Waals surface area (Å²) in [5.41, 5.74) is 1.23. The molecule has 1 fully saturated rings. The summed E-state index contributed by atoms with van der Waals surface area (Å²) >= 11 is 0. The molecule has 1 N–H and O–H groups in total. The van der Waals surface area contributed by atoms with E-state index in [-0.39, 0.29) is 37.1 Å². The molecule has 7 heteroatoms. The minimum Gasteiger partial charge on any atom is -0.361 e. The Hall–Kier alpha value is -2.70. The number of hydrogen-bond acceptors (Lipinski definition) is 4. The topological polar surface area (TPSA) is 75.4 Å². The first-order valence-electron chi connectivity index (χ1n) is 7.29. The van der Waals surface area contributed by atoms with Crippen molar-refractivity contribution in [3.8, 4) is 0 Å². The second kappa shape index (κ2) is 6.20. The van der Waals surface area contributed by atoms with Gasteiger partial charge in [0, 0.05) is 24.7 Å². The Labute approximate surface area is 132 Å². The van der Waals surface area contributed by atoms with Gasteiger partial charge < -0.3 is 14.7 Å². The fourth-order valence-corrected chi connectivity index (χ4v) is 2.58. The zero-order valence-corrected chi connectivity index (χ0v) is 12.6. The van der Waals surface area contributed by atoms with Crippen LogP contribution in [0.25, 0.3) is 0 Å². The fraction of sp³-hybridized carbons (Fsp3) is 0.312. The molecule has 1 aliphatic rings. The highest BCUT2D eigenvalue weighted by Gasteiger charge is 2.35. The minimum atomic E-state index is -0.430. The number of carbonyl (C=O) groups is 2. The maximum Gasteiger partial charge on any atom is 0.227 e. The van der Waals surface area contributed by atoms with Crippen molar-refractivity contribution in [1.82, 2.24) is 10.5 Å². The van der Waals surface area contributed by atoms with E-state index < -0.39 is 5.92 Å². The summed E-state index contributed by atoms with van der Waals surface area (Å²) in [5.74, 6) is -0.469. The molecule has 1 saturated heterocycles. The first kappa shape index (κ1) is 15.2. The van der Waals surface area contributed by atoms with Gasteiger partial charge in [0.1, 0.15) is 17.3 Å². The molecule has 2 heterocycles. The van der Waals surface area contributed by atoms with Gasteiger partial charge in [-0.3, -0.25) is 9.59 Å². The Bertz CT molecular complexity index is 726. The van der Waals surface area contributed by atoms with Crippen molar-refractivity contribution in [2.45, 2.75) is 19.9 Å². The van der Waals surface area contributed by atoms with Crippen molar-refractivity contribution >= 4 is 17.5 Å². The lowest BCUT2D eigenvalue weighted by Crippen LogP contribution is -2.32. The molecule has 0 spiro atoms. The Morgan fingerprint density at radius 1 is 1.43 bits per heavy atom. The van der Waals surface area contributed by atoms with Crippen LogP contribution in [0.15, 0.2) is 34.9 Å². The molecular weight excluding hydrogens is 301 g/mol. The maximum absolute atomic E-state index is 13.0. The number of nitrogens with zero attached hydrogens (tertiary/aromatic N) is 2. The number of hydrogen-bond donors (Lipinski definition) is 1. The number of halogens is 1. The Balaban J connectivity index is 1.60. The SMILES string of the molecule is Cc1cc(CNC(=O)C2CC(=O)N(c3ccc(F)cc3)C2)no1. The standard InChI is InChI=1S/C16H16FN3O3/c1-10-6-13(19-23-10)8-18-16(22)11-7-15(21)20(9-11)14-4-2-12(17)3-5-14/h2-6,11H,7-9H2,1H3,(H,18,22). The third-order valence-corrected chi connectivity index (χ3v) is 3.75. The van der Waals surface area contributed by atoms with Crippen LogP contribution in [0.4, 0.5) is 10.1 Å². The summed E-state index contributed by atoms with van der Waals surface area (Å²) < 4.78 is 17.9. The molecular formula is C16H16FN3O3. The van der Waals surface area contributed by atoms with Crippen LogP contribution in [0.1, 0.15) is 17.9 Å². The maximum atomic E-state index is 13.0. The number of nitrogens with one attached hydrogen (secondary N) is 1. The average molecular weight is 317 g/mol. The Morgan fingerprint density at radius 2 is 2.17 bits per heavy atom. The van der Waals surface area contributed by atoms with Gasteiger partial charge in [-0.2, -0.15) is 0 Å². The highest BCUT2D eigenvalue weighted by molar-refractivity contribution is 6.00. The number of aryl methyl sites for hydroxylation is 1. The van der Waals surface area contributed by atoms with E-state index in [4.69, 9.17) is 4.52 Å². The molecule has 1 aliphatic heterocycles. The summed E-state index contributed by atoms with van der Waals surface area (Å²) in [6, 6.07) is 7.40. The summed E-state index contributed by atoms with van der Waals surface area (Å²) in [4.78, 5) is 25.8. The normalized spacial score (nSPS) is 17.6. The minimum absolute atomic E-state index is 0.140. The van der Waals surface area contributed by atoms with E-state index in [1.54, 1.807) is 13.0 Å². The lowest BCUT2D eigenvalue weighted by Gasteiger charge is -2.16. The number of rotatable bonds is 4. The molecule has 23 heavy (non-hydrogen) atoms. The molecule has 0 bridgehead atoms. The largest absolute Gasteiger partial charge is 0.361 e. The Morgan fingerprint density at radius 3 is 2.83 bits per heavy atom. The second-order valence-corrected chi connectivity index (χ2v) is 5.53. The van der Waals surface area contributed by atoms with Gasteiger partial charge in [0.25, 0.3) is 0 Å². The zero-order chi connectivity index (χ0) is 16.4. The number of benzene rings is 1. The quantitative estimate of drug-likeness (QED) is 0.933. The van der Waals surface area contributed by atoms with Gasteiger partial charge in [0.15, 0.2) is 0 Å². The summed E-state index contributed by atoms with van der Waals surface area (Å²) in [6.45, 7) is 2.32. The van der Waals surface area contributed by atoms with E-state index in [2.05, 4.69) is 10.5 Å². The average Bonchev–Trinajstić information content (AvgIpc) is 3.12. The molecule has 6 nitrogen and oxygen atoms in total.